The summed E-state index contributed by atoms with van der Waals surface area (Å²) in [6, 6.07) is 9.09. The molecule has 0 unspecified atom stereocenters. The fraction of sp³-hybridized carbons (Fsp3) is 0.0556. The van der Waals surface area contributed by atoms with Crippen LogP contribution in [0, 0.1) is 11.6 Å². The Kier molecular flexibility index (Phi) is 5.86. The summed E-state index contributed by atoms with van der Waals surface area (Å²) in [5.74, 6) is -3.82. The van der Waals surface area contributed by atoms with Crippen molar-refractivity contribution < 1.29 is 27.9 Å². The molecular formula is C18H11ClF2N2O4S. The van der Waals surface area contributed by atoms with E-state index in [4.69, 9.17) is 16.3 Å². The van der Waals surface area contributed by atoms with Crippen molar-refractivity contribution in [2.75, 3.05) is 6.61 Å². The van der Waals surface area contributed by atoms with E-state index in [1.807, 2.05) is 10.9 Å². The van der Waals surface area contributed by atoms with Crippen LogP contribution in [-0.4, -0.2) is 24.4 Å². The molecule has 1 heterocycles. The summed E-state index contributed by atoms with van der Waals surface area (Å²) in [5, 5.41) is 0.583. The molecule has 28 heavy (non-hydrogen) atoms. The monoisotopic (exact) mass is 424 g/mol. The van der Waals surface area contributed by atoms with Crippen LogP contribution in [-0.2, 0) is 9.53 Å². The lowest BCUT2D eigenvalue weighted by molar-refractivity contribution is -0.125. The summed E-state index contributed by atoms with van der Waals surface area (Å²) in [6.07, 6.45) is 0. The summed E-state index contributed by atoms with van der Waals surface area (Å²) < 4.78 is 32.1. The zero-order valence-corrected chi connectivity index (χ0v) is 15.5. The molecule has 0 aliphatic rings. The third-order valence-corrected chi connectivity index (χ3v) is 5.18. The van der Waals surface area contributed by atoms with E-state index in [0.29, 0.717) is 10.1 Å². The molecule has 10 heteroatoms. The molecule has 1 aromatic heterocycles. The molecule has 0 radical (unpaired) electrons. The SMILES string of the molecule is O=C(COC(=O)c1sc2cc(F)ccc2c1Cl)NNC(=O)c1ccccc1F. The maximum absolute atomic E-state index is 13.5. The highest BCUT2D eigenvalue weighted by molar-refractivity contribution is 7.21. The van der Waals surface area contributed by atoms with Crippen molar-refractivity contribution in [3.05, 3.63) is 69.6 Å². The van der Waals surface area contributed by atoms with E-state index in [9.17, 15) is 23.2 Å². The van der Waals surface area contributed by atoms with Crippen LogP contribution in [0.4, 0.5) is 8.78 Å². The van der Waals surface area contributed by atoms with Crippen LogP contribution in [0.5, 0.6) is 0 Å². The number of benzene rings is 2. The first-order valence-corrected chi connectivity index (χ1v) is 8.94. The number of thiophene rings is 1. The molecule has 6 nitrogen and oxygen atoms in total. The van der Waals surface area contributed by atoms with E-state index in [-0.39, 0.29) is 15.5 Å². The molecule has 0 atom stereocenters. The Hall–Kier alpha value is -3.04. The largest absolute Gasteiger partial charge is 0.451 e. The average Bonchev–Trinajstić information content (AvgIpc) is 3.00. The van der Waals surface area contributed by atoms with E-state index in [2.05, 4.69) is 0 Å². The Morgan fingerprint density at radius 2 is 1.82 bits per heavy atom. The minimum absolute atomic E-state index is 0.0189. The van der Waals surface area contributed by atoms with Gasteiger partial charge in [0.25, 0.3) is 11.8 Å². The Balaban J connectivity index is 1.56. The lowest BCUT2D eigenvalue weighted by Crippen LogP contribution is -2.43. The van der Waals surface area contributed by atoms with E-state index in [1.54, 1.807) is 0 Å². The molecular weight excluding hydrogens is 414 g/mol. The molecule has 0 aliphatic heterocycles. The number of hydrogen-bond donors (Lipinski definition) is 2. The van der Waals surface area contributed by atoms with Crippen LogP contribution in [0.25, 0.3) is 10.1 Å². The quantitative estimate of drug-likeness (QED) is 0.496. The number of rotatable bonds is 4. The molecule has 0 spiro atoms. The molecule has 0 bridgehead atoms. The number of halogens is 3. The second-order valence-corrected chi connectivity index (χ2v) is 6.87. The van der Waals surface area contributed by atoms with Crippen LogP contribution < -0.4 is 10.9 Å². The number of hydrogen-bond acceptors (Lipinski definition) is 5. The van der Waals surface area contributed by atoms with Crippen molar-refractivity contribution in [1.29, 1.82) is 0 Å². The predicted molar refractivity (Wildman–Crippen MR) is 99.1 cm³/mol. The zero-order chi connectivity index (χ0) is 20.3. The topological polar surface area (TPSA) is 84.5 Å². The number of fused-ring (bicyclic) bond motifs is 1. The molecule has 144 valence electrons. The second kappa shape index (κ2) is 8.32. The zero-order valence-electron chi connectivity index (χ0n) is 13.9. The Bertz CT molecular complexity index is 1090. The highest BCUT2D eigenvalue weighted by Gasteiger charge is 2.20. The van der Waals surface area contributed by atoms with Gasteiger partial charge in [-0.15, -0.1) is 11.3 Å². The van der Waals surface area contributed by atoms with Crippen molar-refractivity contribution in [1.82, 2.24) is 10.9 Å². The predicted octanol–water partition coefficient (Wildman–Crippen LogP) is 3.45. The van der Waals surface area contributed by atoms with Crippen molar-refractivity contribution >= 4 is 50.8 Å². The highest BCUT2D eigenvalue weighted by atomic mass is 35.5. The standard InChI is InChI=1S/C18H11ClF2N2O4S/c19-15-11-6-5-9(20)7-13(11)28-16(15)18(26)27-8-14(24)22-23-17(25)10-3-1-2-4-12(10)21/h1-7H,8H2,(H,22,24)(H,23,25). The molecule has 0 aliphatic carbocycles. The van der Waals surface area contributed by atoms with Crippen LogP contribution >= 0.6 is 22.9 Å². The maximum atomic E-state index is 13.5. The van der Waals surface area contributed by atoms with Gasteiger partial charge < -0.3 is 4.74 Å². The van der Waals surface area contributed by atoms with Crippen molar-refractivity contribution in [3.8, 4) is 0 Å². The number of carbonyl (C=O) groups is 3. The van der Waals surface area contributed by atoms with Crippen LogP contribution in [0.2, 0.25) is 5.02 Å². The number of carbonyl (C=O) groups excluding carboxylic acids is 3. The van der Waals surface area contributed by atoms with Gasteiger partial charge in [0, 0.05) is 10.1 Å². The van der Waals surface area contributed by atoms with Crippen molar-refractivity contribution in [2.24, 2.45) is 0 Å². The second-order valence-electron chi connectivity index (χ2n) is 5.44. The van der Waals surface area contributed by atoms with E-state index < -0.39 is 36.0 Å². The molecule has 0 saturated carbocycles. The van der Waals surface area contributed by atoms with Crippen LogP contribution in [0.15, 0.2) is 42.5 Å². The molecule has 2 N–H and O–H groups in total. The van der Waals surface area contributed by atoms with Crippen LogP contribution in [0.1, 0.15) is 20.0 Å². The summed E-state index contributed by atoms with van der Waals surface area (Å²) >= 11 is 7.02. The summed E-state index contributed by atoms with van der Waals surface area (Å²) in [4.78, 5) is 35.6. The molecule has 3 aromatic rings. The van der Waals surface area contributed by atoms with E-state index >= 15 is 0 Å². The van der Waals surface area contributed by atoms with Gasteiger partial charge in [-0.1, -0.05) is 23.7 Å². The number of nitrogens with one attached hydrogen (secondary N) is 2. The molecule has 0 saturated heterocycles. The Labute approximate surface area is 166 Å². The first-order valence-electron chi connectivity index (χ1n) is 7.75. The summed E-state index contributed by atoms with van der Waals surface area (Å²) in [5.41, 5.74) is 3.75. The first kappa shape index (κ1) is 19.7. The van der Waals surface area contributed by atoms with Crippen LogP contribution in [0.3, 0.4) is 0 Å². The first-order chi connectivity index (χ1) is 13.4. The van der Waals surface area contributed by atoms with Gasteiger partial charge in [0.2, 0.25) is 0 Å². The normalized spacial score (nSPS) is 10.5. The van der Waals surface area contributed by atoms with Gasteiger partial charge in [-0.3, -0.25) is 20.4 Å². The minimum atomic E-state index is -0.873. The maximum Gasteiger partial charge on any atom is 0.350 e. The fourth-order valence-electron chi connectivity index (χ4n) is 2.24. The summed E-state index contributed by atoms with van der Waals surface area (Å²) in [6.45, 7) is -0.713. The van der Waals surface area contributed by atoms with Gasteiger partial charge in [0.15, 0.2) is 6.61 Å². The van der Waals surface area contributed by atoms with Gasteiger partial charge in [-0.2, -0.15) is 0 Å². The number of amides is 2. The smallest absolute Gasteiger partial charge is 0.350 e. The van der Waals surface area contributed by atoms with E-state index in [1.165, 1.54) is 36.4 Å². The Morgan fingerprint density at radius 1 is 1.07 bits per heavy atom. The number of esters is 1. The molecule has 2 amide bonds. The fourth-order valence-corrected chi connectivity index (χ4v) is 3.67. The third-order valence-electron chi connectivity index (χ3n) is 3.55. The van der Waals surface area contributed by atoms with Gasteiger partial charge in [-0.05, 0) is 30.3 Å². The molecule has 0 fully saturated rings. The average molecular weight is 425 g/mol. The number of ether oxygens (including phenoxy) is 1. The van der Waals surface area contributed by atoms with E-state index in [0.717, 1.165) is 17.4 Å². The van der Waals surface area contributed by atoms with Crippen molar-refractivity contribution in [3.63, 3.8) is 0 Å². The Morgan fingerprint density at radius 3 is 2.57 bits per heavy atom. The van der Waals surface area contributed by atoms with Crippen molar-refractivity contribution in [2.45, 2.75) is 0 Å². The molecule has 3 rings (SSSR count). The third kappa shape index (κ3) is 4.26. The number of hydrazine groups is 1. The molecule has 2 aromatic carbocycles. The van der Waals surface area contributed by atoms with Gasteiger partial charge in [0.05, 0.1) is 10.6 Å². The van der Waals surface area contributed by atoms with Gasteiger partial charge in [-0.25, -0.2) is 13.6 Å². The van der Waals surface area contributed by atoms with Gasteiger partial charge in [0.1, 0.15) is 16.5 Å². The lowest BCUT2D eigenvalue weighted by Gasteiger charge is -2.08. The highest BCUT2D eigenvalue weighted by Crippen LogP contribution is 2.36. The summed E-state index contributed by atoms with van der Waals surface area (Å²) in [7, 11) is 0. The van der Waals surface area contributed by atoms with Gasteiger partial charge >= 0.3 is 5.97 Å². The minimum Gasteiger partial charge on any atom is -0.451 e. The lowest BCUT2D eigenvalue weighted by atomic mass is 10.2.